The van der Waals surface area contributed by atoms with Gasteiger partial charge in [0.2, 0.25) is 0 Å². The maximum absolute atomic E-state index is 9.60. The summed E-state index contributed by atoms with van der Waals surface area (Å²) in [5, 5.41) is 10.5. The standard InChI is InChI=1S/C13H12OSe/c14-13-9-5-4-6-11(13)10-15-12-7-2-1-3-8-12/h1-9,14H,10H2. The van der Waals surface area contributed by atoms with Crippen molar-refractivity contribution in [2.24, 2.45) is 0 Å². The summed E-state index contributed by atoms with van der Waals surface area (Å²) in [7, 11) is 0. The van der Waals surface area contributed by atoms with Gasteiger partial charge >= 0.3 is 95.8 Å². The predicted octanol–water partition coefficient (Wildman–Crippen LogP) is 1.92. The number of para-hydroxylation sites is 1. The molecule has 0 saturated heterocycles. The van der Waals surface area contributed by atoms with Gasteiger partial charge in [0.1, 0.15) is 0 Å². The van der Waals surface area contributed by atoms with E-state index in [1.165, 1.54) is 4.46 Å². The van der Waals surface area contributed by atoms with Crippen LogP contribution in [0.4, 0.5) is 0 Å². The van der Waals surface area contributed by atoms with Gasteiger partial charge in [-0.05, 0) is 0 Å². The third kappa shape index (κ3) is 2.85. The summed E-state index contributed by atoms with van der Waals surface area (Å²) in [6.45, 7) is 0. The molecule has 0 fully saturated rings. The SMILES string of the molecule is Oc1ccccc1C[Se]c1ccccc1. The van der Waals surface area contributed by atoms with Crippen LogP contribution in [-0.2, 0) is 5.32 Å². The van der Waals surface area contributed by atoms with Crippen molar-refractivity contribution in [1.29, 1.82) is 0 Å². The van der Waals surface area contributed by atoms with Crippen molar-refractivity contribution in [1.82, 2.24) is 0 Å². The van der Waals surface area contributed by atoms with E-state index in [4.69, 9.17) is 0 Å². The van der Waals surface area contributed by atoms with Crippen LogP contribution in [0.3, 0.4) is 0 Å². The van der Waals surface area contributed by atoms with Gasteiger partial charge < -0.3 is 0 Å². The van der Waals surface area contributed by atoms with E-state index < -0.39 is 0 Å². The Kier molecular flexibility index (Phi) is 3.44. The van der Waals surface area contributed by atoms with Crippen LogP contribution >= 0.6 is 0 Å². The van der Waals surface area contributed by atoms with E-state index in [1.807, 2.05) is 24.3 Å². The molecule has 0 aliphatic carbocycles. The molecule has 0 bridgehead atoms. The van der Waals surface area contributed by atoms with E-state index in [0.717, 1.165) is 10.9 Å². The summed E-state index contributed by atoms with van der Waals surface area (Å²) >= 11 is 0.403. The molecule has 76 valence electrons. The van der Waals surface area contributed by atoms with Crippen molar-refractivity contribution >= 4 is 19.4 Å². The molecule has 0 spiro atoms. The Morgan fingerprint density at radius 1 is 0.867 bits per heavy atom. The van der Waals surface area contributed by atoms with E-state index >= 15 is 0 Å². The maximum atomic E-state index is 9.60. The molecule has 2 rings (SSSR count). The van der Waals surface area contributed by atoms with Crippen LogP contribution in [0.25, 0.3) is 0 Å². The molecule has 0 radical (unpaired) electrons. The van der Waals surface area contributed by atoms with Gasteiger partial charge in [-0.2, -0.15) is 0 Å². The fraction of sp³-hybridized carbons (Fsp3) is 0.0769. The Balaban J connectivity index is 2.03. The number of phenols is 1. The van der Waals surface area contributed by atoms with Gasteiger partial charge in [0, 0.05) is 0 Å². The van der Waals surface area contributed by atoms with Crippen molar-refractivity contribution in [3.05, 3.63) is 60.2 Å². The number of benzene rings is 2. The van der Waals surface area contributed by atoms with Crippen molar-refractivity contribution in [3.8, 4) is 5.75 Å². The Bertz CT molecular complexity index is 426. The zero-order valence-corrected chi connectivity index (χ0v) is 9.97. The van der Waals surface area contributed by atoms with Crippen LogP contribution in [-0.4, -0.2) is 20.1 Å². The van der Waals surface area contributed by atoms with Gasteiger partial charge in [0.05, 0.1) is 0 Å². The number of phenolic OH excluding ortho intramolecular Hbond substituents is 1. The van der Waals surface area contributed by atoms with Crippen molar-refractivity contribution in [2.45, 2.75) is 5.32 Å². The average Bonchev–Trinajstić information content (AvgIpc) is 2.29. The zero-order valence-electron chi connectivity index (χ0n) is 8.26. The van der Waals surface area contributed by atoms with E-state index in [-0.39, 0.29) is 0 Å². The van der Waals surface area contributed by atoms with E-state index in [2.05, 4.69) is 24.3 Å². The minimum atomic E-state index is 0.403. The van der Waals surface area contributed by atoms with Gasteiger partial charge in [0.25, 0.3) is 0 Å². The average molecular weight is 263 g/mol. The van der Waals surface area contributed by atoms with Gasteiger partial charge in [-0.3, -0.25) is 0 Å². The van der Waals surface area contributed by atoms with Crippen molar-refractivity contribution in [2.75, 3.05) is 0 Å². The quantitative estimate of drug-likeness (QED) is 0.839. The van der Waals surface area contributed by atoms with Crippen molar-refractivity contribution in [3.63, 3.8) is 0 Å². The van der Waals surface area contributed by atoms with Crippen LogP contribution in [0, 0.1) is 0 Å². The van der Waals surface area contributed by atoms with E-state index in [1.54, 1.807) is 6.07 Å². The molecule has 0 amide bonds. The van der Waals surface area contributed by atoms with Gasteiger partial charge in [0.15, 0.2) is 0 Å². The molecule has 2 aromatic rings. The second-order valence-electron chi connectivity index (χ2n) is 3.23. The Morgan fingerprint density at radius 2 is 1.53 bits per heavy atom. The molecule has 1 N–H and O–H groups in total. The minimum absolute atomic E-state index is 0.403. The molecule has 0 unspecified atom stereocenters. The molecular weight excluding hydrogens is 251 g/mol. The van der Waals surface area contributed by atoms with Gasteiger partial charge in [-0.25, -0.2) is 0 Å². The zero-order chi connectivity index (χ0) is 10.5. The Morgan fingerprint density at radius 3 is 2.27 bits per heavy atom. The van der Waals surface area contributed by atoms with Crippen LogP contribution in [0.15, 0.2) is 54.6 Å². The summed E-state index contributed by atoms with van der Waals surface area (Å²) in [6.07, 6.45) is 0. The first-order valence-corrected chi connectivity index (χ1v) is 6.88. The summed E-state index contributed by atoms with van der Waals surface area (Å²) in [6, 6.07) is 18.0. The van der Waals surface area contributed by atoms with Crippen LogP contribution in [0.5, 0.6) is 5.75 Å². The normalized spacial score (nSPS) is 10.1. The molecule has 1 nitrogen and oxygen atoms in total. The molecule has 0 heterocycles. The monoisotopic (exact) mass is 264 g/mol. The molecule has 2 heteroatoms. The molecule has 0 aliphatic heterocycles. The van der Waals surface area contributed by atoms with Crippen LogP contribution in [0.1, 0.15) is 5.56 Å². The first-order chi connectivity index (χ1) is 7.36. The fourth-order valence-electron chi connectivity index (χ4n) is 1.31. The van der Waals surface area contributed by atoms with Gasteiger partial charge in [-0.15, -0.1) is 0 Å². The van der Waals surface area contributed by atoms with Crippen LogP contribution < -0.4 is 4.46 Å². The molecule has 2 aromatic carbocycles. The number of rotatable bonds is 3. The topological polar surface area (TPSA) is 20.2 Å². The summed E-state index contributed by atoms with van der Waals surface area (Å²) in [5.41, 5.74) is 1.04. The van der Waals surface area contributed by atoms with E-state index in [9.17, 15) is 5.11 Å². The van der Waals surface area contributed by atoms with Gasteiger partial charge in [-0.1, -0.05) is 0 Å². The van der Waals surface area contributed by atoms with E-state index in [0.29, 0.717) is 20.7 Å². The molecule has 0 aliphatic rings. The third-order valence-electron chi connectivity index (χ3n) is 2.13. The Labute approximate surface area is 95.9 Å². The first-order valence-electron chi connectivity index (χ1n) is 4.81. The fourth-order valence-corrected chi connectivity index (χ4v) is 3.23. The molecule has 0 saturated carbocycles. The number of hydrogen-bond acceptors (Lipinski definition) is 1. The molecule has 0 aromatic heterocycles. The second-order valence-corrected chi connectivity index (χ2v) is 5.43. The molecule has 0 atom stereocenters. The second kappa shape index (κ2) is 5.01. The summed E-state index contributed by atoms with van der Waals surface area (Å²) < 4.78 is 1.37. The first kappa shape index (κ1) is 10.3. The number of hydrogen-bond donors (Lipinski definition) is 1. The molecule has 15 heavy (non-hydrogen) atoms. The van der Waals surface area contributed by atoms with Crippen LogP contribution in [0.2, 0.25) is 0 Å². The molecular formula is C13H12OSe. The van der Waals surface area contributed by atoms with Crippen molar-refractivity contribution < 1.29 is 5.11 Å². The summed E-state index contributed by atoms with van der Waals surface area (Å²) in [5.74, 6) is 0.412. The predicted molar refractivity (Wildman–Crippen MR) is 63.6 cm³/mol. The number of aromatic hydroxyl groups is 1. The third-order valence-corrected chi connectivity index (χ3v) is 4.35. The Hall–Kier alpha value is -1.24. The summed E-state index contributed by atoms with van der Waals surface area (Å²) in [4.78, 5) is 0.